The quantitative estimate of drug-likeness (QED) is 0.341. The lowest BCUT2D eigenvalue weighted by Crippen LogP contribution is -2.04. The third kappa shape index (κ3) is 2.62. The maximum Gasteiger partial charge on any atom is 0.196 e. The highest BCUT2D eigenvalue weighted by atomic mass is 32.1. The third-order valence-electron chi connectivity index (χ3n) is 3.98. The van der Waals surface area contributed by atoms with Crippen LogP contribution < -0.4 is 0 Å². The molecule has 0 radical (unpaired) electrons. The minimum Gasteiger partial charge on any atom is -0.288 e. The normalized spacial score (nSPS) is 11.1. The van der Waals surface area contributed by atoms with Crippen LogP contribution in [0.15, 0.2) is 45.8 Å². The van der Waals surface area contributed by atoms with Crippen LogP contribution in [0.5, 0.6) is 0 Å². The summed E-state index contributed by atoms with van der Waals surface area (Å²) in [5.74, 6) is 0.152. The van der Waals surface area contributed by atoms with E-state index in [1.807, 2.05) is 26.0 Å². The predicted octanol–water partition coefficient (Wildman–Crippen LogP) is 7.11. The Morgan fingerprint density at radius 3 is 1.58 bits per heavy atom. The lowest BCUT2D eigenvalue weighted by atomic mass is 9.96. The summed E-state index contributed by atoms with van der Waals surface area (Å²) in [5.41, 5.74) is 3.86. The molecular formula is C19H14OS4. The zero-order chi connectivity index (χ0) is 16.7. The predicted molar refractivity (Wildman–Crippen MR) is 108 cm³/mol. The van der Waals surface area contributed by atoms with Gasteiger partial charge in [-0.05, 0) is 36.7 Å². The molecule has 5 heteroatoms. The molecule has 0 fully saturated rings. The minimum atomic E-state index is 0.152. The molecule has 0 aliphatic heterocycles. The summed E-state index contributed by atoms with van der Waals surface area (Å²) in [5, 5.41) is 8.34. The van der Waals surface area contributed by atoms with Crippen molar-refractivity contribution in [1.82, 2.24) is 0 Å². The molecule has 4 aromatic heterocycles. The van der Waals surface area contributed by atoms with Gasteiger partial charge in [0.15, 0.2) is 5.78 Å². The van der Waals surface area contributed by atoms with E-state index >= 15 is 0 Å². The molecule has 24 heavy (non-hydrogen) atoms. The van der Waals surface area contributed by atoms with Gasteiger partial charge in [-0.2, -0.15) is 0 Å². The van der Waals surface area contributed by atoms with E-state index in [4.69, 9.17) is 0 Å². The largest absolute Gasteiger partial charge is 0.288 e. The second kappa shape index (κ2) is 6.41. The Kier molecular flexibility index (Phi) is 4.26. The summed E-state index contributed by atoms with van der Waals surface area (Å²) in [6, 6.07) is 8.25. The molecule has 4 heterocycles. The maximum absolute atomic E-state index is 13.5. The molecule has 0 atom stereocenters. The molecule has 1 nitrogen and oxygen atoms in total. The van der Waals surface area contributed by atoms with Crippen molar-refractivity contribution in [3.05, 3.63) is 66.7 Å². The van der Waals surface area contributed by atoms with Crippen molar-refractivity contribution in [3.63, 3.8) is 0 Å². The van der Waals surface area contributed by atoms with Crippen LogP contribution in [0.1, 0.15) is 25.7 Å². The molecule has 0 amide bonds. The molecule has 0 N–H and O–H groups in total. The van der Waals surface area contributed by atoms with E-state index in [0.29, 0.717) is 0 Å². The van der Waals surface area contributed by atoms with Crippen LogP contribution in [0.3, 0.4) is 0 Å². The third-order valence-corrected chi connectivity index (χ3v) is 7.61. The standard InChI is InChI=1S/C19H14OS4/c1-11-17(13(9-23-11)15-5-3-7-21-15)19(20)18-12(2)24-10-14(18)16-6-4-8-22-16/h3-10H,1-2H3. The summed E-state index contributed by atoms with van der Waals surface area (Å²) in [4.78, 5) is 18.0. The molecule has 0 saturated carbocycles. The van der Waals surface area contributed by atoms with E-state index in [0.717, 1.165) is 41.8 Å². The van der Waals surface area contributed by atoms with Crippen LogP contribution in [0, 0.1) is 13.8 Å². The fourth-order valence-corrected chi connectivity index (χ4v) is 6.19. The maximum atomic E-state index is 13.5. The van der Waals surface area contributed by atoms with E-state index in [9.17, 15) is 4.79 Å². The highest BCUT2D eigenvalue weighted by Gasteiger charge is 2.25. The molecule has 4 rings (SSSR count). The summed E-state index contributed by atoms with van der Waals surface area (Å²) in [6.45, 7) is 4.09. The first-order chi connectivity index (χ1) is 11.7. The monoisotopic (exact) mass is 386 g/mol. The molecule has 0 aliphatic rings. The molecule has 120 valence electrons. The van der Waals surface area contributed by atoms with Crippen molar-refractivity contribution in [2.45, 2.75) is 13.8 Å². The van der Waals surface area contributed by atoms with E-state index in [-0.39, 0.29) is 5.78 Å². The Morgan fingerprint density at radius 2 is 1.21 bits per heavy atom. The number of hydrogen-bond acceptors (Lipinski definition) is 5. The second-order valence-corrected chi connectivity index (χ2v) is 9.51. The lowest BCUT2D eigenvalue weighted by Gasteiger charge is -2.07. The Balaban J connectivity index is 1.87. The van der Waals surface area contributed by atoms with Crippen molar-refractivity contribution in [1.29, 1.82) is 0 Å². The van der Waals surface area contributed by atoms with Gasteiger partial charge in [0.05, 0.1) is 0 Å². The molecule has 0 spiro atoms. The molecule has 0 aromatic carbocycles. The molecular weight excluding hydrogens is 372 g/mol. The summed E-state index contributed by atoms with van der Waals surface area (Å²) in [6.07, 6.45) is 0. The molecule has 4 aromatic rings. The molecule has 0 saturated heterocycles. The summed E-state index contributed by atoms with van der Waals surface area (Å²) in [7, 11) is 0. The second-order valence-electron chi connectivity index (χ2n) is 5.44. The smallest absolute Gasteiger partial charge is 0.196 e. The van der Waals surface area contributed by atoms with Crippen LogP contribution in [-0.2, 0) is 0 Å². The van der Waals surface area contributed by atoms with Gasteiger partial charge in [-0.1, -0.05) is 12.1 Å². The van der Waals surface area contributed by atoms with Crippen LogP contribution >= 0.6 is 45.3 Å². The number of rotatable bonds is 4. The molecule has 0 unspecified atom stereocenters. The van der Waals surface area contributed by atoms with Gasteiger partial charge in [-0.15, -0.1) is 45.3 Å². The van der Waals surface area contributed by atoms with E-state index in [1.165, 1.54) is 0 Å². The van der Waals surface area contributed by atoms with Crippen molar-refractivity contribution >= 4 is 51.1 Å². The molecule has 0 aliphatic carbocycles. The van der Waals surface area contributed by atoms with Crippen LogP contribution in [0.4, 0.5) is 0 Å². The number of hydrogen-bond donors (Lipinski definition) is 0. The summed E-state index contributed by atoms with van der Waals surface area (Å²) >= 11 is 6.68. The zero-order valence-corrected chi connectivity index (χ0v) is 16.4. The Morgan fingerprint density at radius 1 is 0.750 bits per heavy atom. The van der Waals surface area contributed by atoms with Gasteiger partial charge in [0.25, 0.3) is 0 Å². The highest BCUT2D eigenvalue weighted by Crippen LogP contribution is 2.40. The number of ketones is 1. The van der Waals surface area contributed by atoms with E-state index in [2.05, 4.69) is 33.7 Å². The Hall–Kier alpha value is -1.53. The van der Waals surface area contributed by atoms with E-state index < -0.39 is 0 Å². The van der Waals surface area contributed by atoms with Gasteiger partial charge in [0, 0.05) is 52.5 Å². The van der Waals surface area contributed by atoms with Crippen LogP contribution in [-0.4, -0.2) is 5.78 Å². The van der Waals surface area contributed by atoms with Crippen molar-refractivity contribution < 1.29 is 4.79 Å². The topological polar surface area (TPSA) is 17.1 Å². The van der Waals surface area contributed by atoms with Gasteiger partial charge in [-0.25, -0.2) is 0 Å². The first-order valence-electron chi connectivity index (χ1n) is 7.45. The SMILES string of the molecule is Cc1scc(-c2cccs2)c1C(=O)c1c(-c2cccs2)csc1C. The summed E-state index contributed by atoms with van der Waals surface area (Å²) < 4.78 is 0. The fraction of sp³-hybridized carbons (Fsp3) is 0.105. The Labute approximate surface area is 156 Å². The average Bonchev–Trinajstić information content (AvgIpc) is 3.33. The number of aryl methyl sites for hydroxylation is 2. The first kappa shape index (κ1) is 16.0. The fourth-order valence-electron chi connectivity index (χ4n) is 2.83. The number of carbonyl (C=O) groups is 1. The Bertz CT molecular complexity index is 904. The van der Waals surface area contributed by atoms with Crippen LogP contribution in [0.25, 0.3) is 20.9 Å². The first-order valence-corrected chi connectivity index (χ1v) is 11.0. The number of carbonyl (C=O) groups excluding carboxylic acids is 1. The average molecular weight is 387 g/mol. The zero-order valence-electron chi connectivity index (χ0n) is 13.2. The van der Waals surface area contributed by atoms with E-state index in [1.54, 1.807) is 45.3 Å². The van der Waals surface area contributed by atoms with Crippen LogP contribution in [0.2, 0.25) is 0 Å². The minimum absolute atomic E-state index is 0.152. The van der Waals surface area contributed by atoms with Gasteiger partial charge in [0.2, 0.25) is 0 Å². The molecule has 0 bridgehead atoms. The van der Waals surface area contributed by atoms with Gasteiger partial charge in [0.1, 0.15) is 0 Å². The van der Waals surface area contributed by atoms with Gasteiger partial charge >= 0.3 is 0 Å². The highest BCUT2D eigenvalue weighted by molar-refractivity contribution is 7.15. The number of thiophene rings is 4. The lowest BCUT2D eigenvalue weighted by molar-refractivity contribution is 0.104. The van der Waals surface area contributed by atoms with Gasteiger partial charge in [-0.3, -0.25) is 4.79 Å². The van der Waals surface area contributed by atoms with Crippen molar-refractivity contribution in [2.75, 3.05) is 0 Å². The van der Waals surface area contributed by atoms with Crippen molar-refractivity contribution in [3.8, 4) is 20.9 Å². The van der Waals surface area contributed by atoms with Gasteiger partial charge < -0.3 is 0 Å². The van der Waals surface area contributed by atoms with Crippen molar-refractivity contribution in [2.24, 2.45) is 0 Å².